The molecule has 0 bridgehead atoms. The summed E-state index contributed by atoms with van der Waals surface area (Å²) in [6.07, 6.45) is 6.87. The minimum absolute atomic E-state index is 0.185. The Morgan fingerprint density at radius 3 is 2.78 bits per heavy atom. The number of ether oxygens (including phenoxy) is 1. The lowest BCUT2D eigenvalue weighted by atomic mass is 10.1. The normalized spacial score (nSPS) is 17.7. The first-order valence-corrected chi connectivity index (χ1v) is 7.67. The number of aromatic nitrogens is 2. The third kappa shape index (κ3) is 4.53. The molecule has 3 rings (SSSR count). The average molecular weight is 318 g/mol. The van der Waals surface area contributed by atoms with Gasteiger partial charge >= 0.3 is 6.03 Å². The highest BCUT2D eigenvalue weighted by atomic mass is 19.1. The van der Waals surface area contributed by atoms with E-state index in [9.17, 15) is 9.18 Å². The Bertz CT molecular complexity index is 650. The van der Waals surface area contributed by atoms with Crippen LogP contribution in [0.25, 0.3) is 0 Å². The van der Waals surface area contributed by atoms with E-state index in [0.717, 1.165) is 19.4 Å². The number of rotatable bonds is 4. The zero-order valence-corrected chi connectivity index (χ0v) is 12.7. The molecule has 0 saturated carbocycles. The maximum atomic E-state index is 12.8. The largest absolute Gasteiger partial charge is 0.376 e. The van der Waals surface area contributed by atoms with E-state index in [0.29, 0.717) is 17.9 Å². The van der Waals surface area contributed by atoms with Crippen molar-refractivity contribution in [1.82, 2.24) is 9.78 Å². The summed E-state index contributed by atoms with van der Waals surface area (Å²) in [5.41, 5.74) is 1.12. The van der Waals surface area contributed by atoms with Gasteiger partial charge in [0, 0.05) is 18.5 Å². The summed E-state index contributed by atoms with van der Waals surface area (Å²) < 4.78 is 20.3. The lowest BCUT2D eigenvalue weighted by Gasteiger charge is -2.22. The SMILES string of the molecule is O=C(Nc1ccc(F)cc1)Nc1cnn(CC2CCCCO2)c1. The molecule has 1 aliphatic heterocycles. The molecule has 7 heteroatoms. The van der Waals surface area contributed by atoms with Crippen LogP contribution >= 0.6 is 0 Å². The van der Waals surface area contributed by atoms with Crippen molar-refractivity contribution in [2.75, 3.05) is 17.2 Å². The fourth-order valence-corrected chi connectivity index (χ4v) is 2.51. The van der Waals surface area contributed by atoms with Gasteiger partial charge < -0.3 is 15.4 Å². The Kier molecular flexibility index (Phi) is 4.87. The van der Waals surface area contributed by atoms with Gasteiger partial charge in [-0.3, -0.25) is 4.68 Å². The van der Waals surface area contributed by atoms with Crippen LogP contribution in [-0.4, -0.2) is 28.5 Å². The molecule has 0 spiro atoms. The molecule has 1 atom stereocenters. The number of nitrogens with zero attached hydrogens (tertiary/aromatic N) is 2. The molecule has 2 N–H and O–H groups in total. The lowest BCUT2D eigenvalue weighted by molar-refractivity contribution is 0.00401. The molecule has 1 aromatic heterocycles. The van der Waals surface area contributed by atoms with Gasteiger partial charge in [-0.05, 0) is 43.5 Å². The predicted molar refractivity (Wildman–Crippen MR) is 84.9 cm³/mol. The summed E-state index contributed by atoms with van der Waals surface area (Å²) in [6.45, 7) is 1.48. The summed E-state index contributed by atoms with van der Waals surface area (Å²) in [5, 5.41) is 9.55. The van der Waals surface area contributed by atoms with E-state index < -0.39 is 6.03 Å². The van der Waals surface area contributed by atoms with Crippen LogP contribution in [0.5, 0.6) is 0 Å². The number of hydrogen-bond donors (Lipinski definition) is 2. The van der Waals surface area contributed by atoms with Crippen molar-refractivity contribution in [2.24, 2.45) is 0 Å². The highest BCUT2D eigenvalue weighted by molar-refractivity contribution is 5.99. The summed E-state index contributed by atoms with van der Waals surface area (Å²) in [7, 11) is 0. The molecule has 2 heterocycles. The van der Waals surface area contributed by atoms with E-state index in [4.69, 9.17) is 4.74 Å². The smallest absolute Gasteiger partial charge is 0.323 e. The summed E-state index contributed by atoms with van der Waals surface area (Å²) in [4.78, 5) is 11.9. The van der Waals surface area contributed by atoms with E-state index in [1.54, 1.807) is 17.1 Å². The molecule has 23 heavy (non-hydrogen) atoms. The standard InChI is InChI=1S/C16H19FN4O2/c17-12-4-6-13(7-5-12)19-16(22)20-14-9-18-21(10-14)11-15-3-1-2-8-23-15/h4-7,9-10,15H,1-3,8,11H2,(H2,19,20,22). The Morgan fingerprint density at radius 2 is 2.04 bits per heavy atom. The lowest BCUT2D eigenvalue weighted by Crippen LogP contribution is -2.24. The Morgan fingerprint density at radius 1 is 1.26 bits per heavy atom. The quantitative estimate of drug-likeness (QED) is 0.909. The molecule has 6 nitrogen and oxygen atoms in total. The van der Waals surface area contributed by atoms with Crippen molar-refractivity contribution in [3.63, 3.8) is 0 Å². The van der Waals surface area contributed by atoms with E-state index in [1.807, 2.05) is 0 Å². The number of carbonyl (C=O) groups is 1. The fourth-order valence-electron chi connectivity index (χ4n) is 2.51. The molecule has 0 radical (unpaired) electrons. The van der Waals surface area contributed by atoms with Crippen LogP contribution in [0.1, 0.15) is 19.3 Å². The first-order valence-electron chi connectivity index (χ1n) is 7.67. The molecule has 2 aromatic rings. The van der Waals surface area contributed by atoms with E-state index in [-0.39, 0.29) is 11.9 Å². The monoisotopic (exact) mass is 318 g/mol. The Balaban J connectivity index is 1.51. The van der Waals surface area contributed by atoms with Gasteiger partial charge in [0.05, 0.1) is 24.5 Å². The van der Waals surface area contributed by atoms with Gasteiger partial charge in [-0.25, -0.2) is 9.18 Å². The average Bonchev–Trinajstić information content (AvgIpc) is 2.97. The topological polar surface area (TPSA) is 68.2 Å². The van der Waals surface area contributed by atoms with Gasteiger partial charge in [0.1, 0.15) is 5.82 Å². The van der Waals surface area contributed by atoms with Crippen LogP contribution in [0, 0.1) is 5.82 Å². The number of benzene rings is 1. The zero-order valence-electron chi connectivity index (χ0n) is 12.7. The Labute approximate surface area is 133 Å². The molecule has 1 saturated heterocycles. The first-order chi connectivity index (χ1) is 11.2. The van der Waals surface area contributed by atoms with Gasteiger partial charge in [0.15, 0.2) is 0 Å². The van der Waals surface area contributed by atoms with Crippen LogP contribution in [0.3, 0.4) is 0 Å². The molecule has 122 valence electrons. The fraction of sp³-hybridized carbons (Fsp3) is 0.375. The van der Waals surface area contributed by atoms with Crippen molar-refractivity contribution in [1.29, 1.82) is 0 Å². The summed E-state index contributed by atoms with van der Waals surface area (Å²) >= 11 is 0. The van der Waals surface area contributed by atoms with E-state index >= 15 is 0 Å². The van der Waals surface area contributed by atoms with Crippen molar-refractivity contribution < 1.29 is 13.9 Å². The minimum atomic E-state index is -0.398. The molecular weight excluding hydrogens is 299 g/mol. The zero-order chi connectivity index (χ0) is 16.1. The van der Waals surface area contributed by atoms with Gasteiger partial charge in [0.25, 0.3) is 0 Å². The van der Waals surface area contributed by atoms with Crippen molar-refractivity contribution in [2.45, 2.75) is 31.9 Å². The van der Waals surface area contributed by atoms with Gasteiger partial charge in [-0.15, -0.1) is 0 Å². The second-order valence-electron chi connectivity index (χ2n) is 5.53. The Hall–Kier alpha value is -2.41. The van der Waals surface area contributed by atoms with Crippen LogP contribution < -0.4 is 10.6 Å². The van der Waals surface area contributed by atoms with Crippen molar-refractivity contribution in [3.8, 4) is 0 Å². The van der Waals surface area contributed by atoms with Crippen molar-refractivity contribution in [3.05, 3.63) is 42.5 Å². The van der Waals surface area contributed by atoms with Gasteiger partial charge in [-0.1, -0.05) is 0 Å². The summed E-state index contributed by atoms with van der Waals surface area (Å²) in [5.74, 6) is -0.345. The van der Waals surface area contributed by atoms with Crippen molar-refractivity contribution >= 4 is 17.4 Å². The highest BCUT2D eigenvalue weighted by Crippen LogP contribution is 2.15. The van der Waals surface area contributed by atoms with E-state index in [1.165, 1.54) is 30.7 Å². The predicted octanol–water partition coefficient (Wildman–Crippen LogP) is 3.24. The minimum Gasteiger partial charge on any atom is -0.376 e. The highest BCUT2D eigenvalue weighted by Gasteiger charge is 2.15. The van der Waals surface area contributed by atoms with Gasteiger partial charge in [0.2, 0.25) is 0 Å². The van der Waals surface area contributed by atoms with E-state index in [2.05, 4.69) is 15.7 Å². The second kappa shape index (κ2) is 7.23. The molecule has 2 amide bonds. The molecule has 1 unspecified atom stereocenters. The molecule has 1 fully saturated rings. The number of amides is 2. The number of carbonyl (C=O) groups excluding carboxylic acids is 1. The maximum absolute atomic E-state index is 12.8. The number of anilines is 2. The van der Waals surface area contributed by atoms with Gasteiger partial charge in [-0.2, -0.15) is 5.10 Å². The molecule has 0 aliphatic carbocycles. The first kappa shape index (κ1) is 15.5. The molecule has 1 aliphatic rings. The third-order valence-electron chi connectivity index (χ3n) is 3.66. The van der Waals surface area contributed by atoms with Crippen LogP contribution in [0.15, 0.2) is 36.7 Å². The number of nitrogens with one attached hydrogen (secondary N) is 2. The number of halogens is 1. The number of urea groups is 1. The third-order valence-corrected chi connectivity index (χ3v) is 3.66. The maximum Gasteiger partial charge on any atom is 0.323 e. The number of hydrogen-bond acceptors (Lipinski definition) is 3. The molecular formula is C16H19FN4O2. The second-order valence-corrected chi connectivity index (χ2v) is 5.53. The van der Waals surface area contributed by atoms with Crippen LogP contribution in [0.4, 0.5) is 20.6 Å². The van der Waals surface area contributed by atoms with Crippen LogP contribution in [0.2, 0.25) is 0 Å². The van der Waals surface area contributed by atoms with Crippen LogP contribution in [-0.2, 0) is 11.3 Å². The summed E-state index contributed by atoms with van der Waals surface area (Å²) in [6, 6.07) is 5.18. The molecule has 1 aromatic carbocycles.